The fourth-order valence-electron chi connectivity index (χ4n) is 1.25. The van der Waals surface area contributed by atoms with Crippen LogP contribution in [0.1, 0.15) is 26.2 Å². The van der Waals surface area contributed by atoms with E-state index in [9.17, 15) is 4.79 Å². The number of unbranched alkanes of at least 4 members (excludes halogenated alkanes) is 1. The summed E-state index contributed by atoms with van der Waals surface area (Å²) in [7, 11) is 0. The van der Waals surface area contributed by atoms with Crippen molar-refractivity contribution in [2.45, 2.75) is 26.2 Å². The van der Waals surface area contributed by atoms with Gasteiger partial charge in [0.15, 0.2) is 0 Å². The van der Waals surface area contributed by atoms with Gasteiger partial charge in [-0.25, -0.2) is 4.79 Å². The van der Waals surface area contributed by atoms with E-state index in [1.807, 2.05) is 6.92 Å². The zero-order chi connectivity index (χ0) is 12.7. The van der Waals surface area contributed by atoms with E-state index in [0.717, 1.165) is 12.8 Å². The highest BCUT2D eigenvalue weighted by Gasteiger charge is 2.04. The number of halogens is 1. The highest BCUT2D eigenvalue weighted by atomic mass is 35.5. The number of anilines is 1. The van der Waals surface area contributed by atoms with Gasteiger partial charge in [-0.2, -0.15) is 0 Å². The molecular weight excluding hydrogens is 238 g/mol. The topological polar surface area (TPSA) is 65.0 Å². The van der Waals surface area contributed by atoms with Crippen molar-refractivity contribution in [2.24, 2.45) is 0 Å². The molecule has 17 heavy (non-hydrogen) atoms. The van der Waals surface area contributed by atoms with Gasteiger partial charge in [0.1, 0.15) is 5.84 Å². The number of urea groups is 1. The average molecular weight is 254 g/mol. The number of rotatable bonds is 4. The Morgan fingerprint density at radius 1 is 1.35 bits per heavy atom. The third-order valence-electron chi connectivity index (χ3n) is 2.15. The molecule has 0 aliphatic heterocycles. The first-order valence-corrected chi connectivity index (χ1v) is 5.90. The predicted octanol–water partition coefficient (Wildman–Crippen LogP) is 3.63. The van der Waals surface area contributed by atoms with Crippen molar-refractivity contribution >= 4 is 29.2 Å². The molecule has 4 nitrogen and oxygen atoms in total. The van der Waals surface area contributed by atoms with Crippen molar-refractivity contribution in [3.63, 3.8) is 0 Å². The highest BCUT2D eigenvalue weighted by molar-refractivity contribution is 6.30. The second-order valence-corrected chi connectivity index (χ2v) is 4.10. The van der Waals surface area contributed by atoms with E-state index < -0.39 is 6.03 Å². The van der Waals surface area contributed by atoms with E-state index in [0.29, 0.717) is 17.1 Å². The van der Waals surface area contributed by atoms with Gasteiger partial charge >= 0.3 is 6.03 Å². The Kier molecular flexibility index (Phi) is 5.49. The Morgan fingerprint density at radius 3 is 2.59 bits per heavy atom. The molecule has 1 aromatic carbocycles. The van der Waals surface area contributed by atoms with Crippen LogP contribution in [0.4, 0.5) is 10.5 Å². The number of benzene rings is 1. The summed E-state index contributed by atoms with van der Waals surface area (Å²) in [6.45, 7) is 2.04. The summed E-state index contributed by atoms with van der Waals surface area (Å²) in [6, 6.07) is 6.40. The average Bonchev–Trinajstić information content (AvgIpc) is 2.29. The van der Waals surface area contributed by atoms with Crippen LogP contribution in [0, 0.1) is 5.41 Å². The van der Waals surface area contributed by atoms with Crippen molar-refractivity contribution in [1.29, 1.82) is 5.41 Å². The van der Waals surface area contributed by atoms with Crippen LogP contribution in [0.15, 0.2) is 24.3 Å². The number of carbonyl (C=O) groups is 1. The summed E-state index contributed by atoms with van der Waals surface area (Å²) in [5.41, 5.74) is 0.648. The monoisotopic (exact) mass is 253 g/mol. The molecule has 2 amide bonds. The van der Waals surface area contributed by atoms with Gasteiger partial charge in [0.2, 0.25) is 0 Å². The minimum atomic E-state index is -0.395. The van der Waals surface area contributed by atoms with Crippen LogP contribution in [0.5, 0.6) is 0 Å². The Balaban J connectivity index is 2.39. The van der Waals surface area contributed by atoms with Gasteiger partial charge in [0.25, 0.3) is 0 Å². The van der Waals surface area contributed by atoms with Crippen molar-refractivity contribution < 1.29 is 4.79 Å². The van der Waals surface area contributed by atoms with Gasteiger partial charge in [-0.05, 0) is 30.7 Å². The van der Waals surface area contributed by atoms with Crippen LogP contribution < -0.4 is 10.6 Å². The molecule has 1 rings (SSSR count). The summed E-state index contributed by atoms with van der Waals surface area (Å²) in [6.07, 6.45) is 2.49. The smallest absolute Gasteiger partial charge is 0.308 e. The maximum absolute atomic E-state index is 11.5. The fourth-order valence-corrected chi connectivity index (χ4v) is 1.37. The minimum Gasteiger partial charge on any atom is -0.308 e. The van der Waals surface area contributed by atoms with Crippen molar-refractivity contribution in [1.82, 2.24) is 5.32 Å². The molecule has 0 aromatic heterocycles. The first kappa shape index (κ1) is 13.5. The van der Waals surface area contributed by atoms with Gasteiger partial charge < -0.3 is 5.32 Å². The maximum atomic E-state index is 11.5. The van der Waals surface area contributed by atoms with Crippen molar-refractivity contribution in [3.8, 4) is 0 Å². The molecule has 5 heteroatoms. The molecule has 0 aliphatic rings. The van der Waals surface area contributed by atoms with Gasteiger partial charge in [-0.3, -0.25) is 10.7 Å². The maximum Gasteiger partial charge on any atom is 0.324 e. The zero-order valence-electron chi connectivity index (χ0n) is 9.72. The first-order valence-electron chi connectivity index (χ1n) is 5.53. The largest absolute Gasteiger partial charge is 0.324 e. The summed E-state index contributed by atoms with van der Waals surface area (Å²) in [5.74, 6) is 0.235. The van der Waals surface area contributed by atoms with Crippen LogP contribution >= 0.6 is 11.6 Å². The van der Waals surface area contributed by atoms with Crippen LogP contribution in [-0.2, 0) is 0 Å². The van der Waals surface area contributed by atoms with E-state index in [1.165, 1.54) is 0 Å². The molecule has 0 saturated heterocycles. The molecular formula is C12H16ClN3O. The predicted molar refractivity (Wildman–Crippen MR) is 70.9 cm³/mol. The van der Waals surface area contributed by atoms with Crippen LogP contribution in [0.25, 0.3) is 0 Å². The standard InChI is InChI=1S/C12H16ClN3O/c1-2-3-4-11(14)16-12(17)15-10-7-5-9(13)6-8-10/h5-8H,2-4H2,1H3,(H3,14,15,16,17). The molecule has 1 aromatic rings. The van der Waals surface area contributed by atoms with Crippen LogP contribution in [0.3, 0.4) is 0 Å². The second kappa shape index (κ2) is 6.91. The number of nitrogens with one attached hydrogen (secondary N) is 3. The van der Waals surface area contributed by atoms with Crippen LogP contribution in [0.2, 0.25) is 5.02 Å². The Bertz CT molecular complexity index is 389. The van der Waals surface area contributed by atoms with Gasteiger partial charge in [-0.1, -0.05) is 24.9 Å². The first-order chi connectivity index (χ1) is 8.11. The zero-order valence-corrected chi connectivity index (χ0v) is 10.5. The summed E-state index contributed by atoms with van der Waals surface area (Å²) < 4.78 is 0. The lowest BCUT2D eigenvalue weighted by molar-refractivity contribution is 0.256. The van der Waals surface area contributed by atoms with E-state index in [-0.39, 0.29) is 5.84 Å². The fraction of sp³-hybridized carbons (Fsp3) is 0.333. The molecule has 0 unspecified atom stereocenters. The van der Waals surface area contributed by atoms with E-state index >= 15 is 0 Å². The number of carbonyl (C=O) groups excluding carboxylic acids is 1. The van der Waals surface area contributed by atoms with E-state index in [1.54, 1.807) is 24.3 Å². The molecule has 0 bridgehead atoms. The SMILES string of the molecule is CCCCC(=N)NC(=O)Nc1ccc(Cl)cc1. The molecule has 0 radical (unpaired) electrons. The molecule has 0 heterocycles. The third-order valence-corrected chi connectivity index (χ3v) is 2.40. The molecule has 3 N–H and O–H groups in total. The summed E-state index contributed by atoms with van der Waals surface area (Å²) in [4.78, 5) is 11.5. The van der Waals surface area contributed by atoms with Crippen LogP contribution in [-0.4, -0.2) is 11.9 Å². The molecule has 0 spiro atoms. The Labute approximate surface area is 106 Å². The summed E-state index contributed by atoms with van der Waals surface area (Å²) in [5, 5.41) is 13.3. The van der Waals surface area contributed by atoms with Gasteiger partial charge in [0, 0.05) is 17.1 Å². The van der Waals surface area contributed by atoms with E-state index in [4.69, 9.17) is 17.0 Å². The molecule has 0 atom stereocenters. The second-order valence-electron chi connectivity index (χ2n) is 3.67. The third kappa shape index (κ3) is 5.36. The highest BCUT2D eigenvalue weighted by Crippen LogP contribution is 2.13. The van der Waals surface area contributed by atoms with Crippen molar-refractivity contribution in [3.05, 3.63) is 29.3 Å². The number of hydrogen-bond donors (Lipinski definition) is 3. The molecule has 0 aliphatic carbocycles. The van der Waals surface area contributed by atoms with Gasteiger partial charge in [0.05, 0.1) is 0 Å². The van der Waals surface area contributed by atoms with E-state index in [2.05, 4.69) is 10.6 Å². The van der Waals surface area contributed by atoms with Gasteiger partial charge in [-0.15, -0.1) is 0 Å². The minimum absolute atomic E-state index is 0.235. The number of hydrogen-bond acceptors (Lipinski definition) is 2. The molecule has 0 fully saturated rings. The lowest BCUT2D eigenvalue weighted by atomic mass is 10.2. The Hall–Kier alpha value is -1.55. The quantitative estimate of drug-likeness (QED) is 0.557. The summed E-state index contributed by atoms with van der Waals surface area (Å²) >= 11 is 5.73. The molecule has 0 saturated carbocycles. The lowest BCUT2D eigenvalue weighted by Gasteiger charge is -2.08. The normalized spacial score (nSPS) is 9.76. The molecule has 92 valence electrons. The number of amidine groups is 1. The lowest BCUT2D eigenvalue weighted by Crippen LogP contribution is -2.33. The number of amides is 2. The van der Waals surface area contributed by atoms with Crippen molar-refractivity contribution in [2.75, 3.05) is 5.32 Å². The Morgan fingerprint density at radius 2 is 2.00 bits per heavy atom.